The maximum absolute atomic E-state index is 12.3. The molecule has 1 aliphatic carbocycles. The Labute approximate surface area is 124 Å². The van der Waals surface area contributed by atoms with Gasteiger partial charge in [-0.15, -0.1) is 0 Å². The van der Waals surface area contributed by atoms with E-state index in [1.807, 2.05) is 6.92 Å². The van der Waals surface area contributed by atoms with Crippen molar-refractivity contribution in [2.75, 3.05) is 6.54 Å². The van der Waals surface area contributed by atoms with E-state index >= 15 is 0 Å². The molecule has 21 heavy (non-hydrogen) atoms. The van der Waals surface area contributed by atoms with E-state index in [0.717, 1.165) is 12.8 Å². The molecular weight excluding hydrogens is 272 g/mol. The van der Waals surface area contributed by atoms with Gasteiger partial charge < -0.3 is 15.3 Å². The van der Waals surface area contributed by atoms with Crippen LogP contribution in [0.25, 0.3) is 0 Å². The zero-order valence-electron chi connectivity index (χ0n) is 12.5. The number of aliphatic carboxylic acids is 1. The average molecular weight is 296 g/mol. The third kappa shape index (κ3) is 3.74. The SMILES string of the molecule is CCCC(=O)N1CCCC1C(=O)N[C@@H]1CC[C@H](C(=O)O)C1. The van der Waals surface area contributed by atoms with Gasteiger partial charge in [-0.1, -0.05) is 6.92 Å². The van der Waals surface area contributed by atoms with Crippen LogP contribution in [0.1, 0.15) is 51.9 Å². The number of rotatable bonds is 5. The molecule has 0 radical (unpaired) electrons. The van der Waals surface area contributed by atoms with Gasteiger partial charge in [-0.2, -0.15) is 0 Å². The Morgan fingerprint density at radius 3 is 2.62 bits per heavy atom. The van der Waals surface area contributed by atoms with Crippen LogP contribution in [-0.2, 0) is 14.4 Å². The van der Waals surface area contributed by atoms with Crippen molar-refractivity contribution in [1.29, 1.82) is 0 Å². The van der Waals surface area contributed by atoms with Gasteiger partial charge in [0.2, 0.25) is 11.8 Å². The number of carbonyl (C=O) groups excluding carboxylic acids is 2. The maximum Gasteiger partial charge on any atom is 0.306 e. The summed E-state index contributed by atoms with van der Waals surface area (Å²) < 4.78 is 0. The van der Waals surface area contributed by atoms with Crippen LogP contribution in [0.5, 0.6) is 0 Å². The van der Waals surface area contributed by atoms with Gasteiger partial charge in [-0.05, 0) is 38.5 Å². The normalized spacial score (nSPS) is 28.6. The molecule has 1 aliphatic heterocycles. The molecule has 1 saturated heterocycles. The minimum absolute atomic E-state index is 0.0463. The quantitative estimate of drug-likeness (QED) is 0.796. The number of likely N-dealkylation sites (tertiary alicyclic amines) is 1. The van der Waals surface area contributed by atoms with Crippen molar-refractivity contribution in [2.45, 2.75) is 64.0 Å². The summed E-state index contributed by atoms with van der Waals surface area (Å²) in [6, 6.07) is -0.435. The number of hydrogen-bond acceptors (Lipinski definition) is 3. The molecule has 3 atom stereocenters. The first-order chi connectivity index (χ1) is 10.0. The van der Waals surface area contributed by atoms with Crippen LogP contribution in [0, 0.1) is 5.92 Å². The van der Waals surface area contributed by atoms with Crippen molar-refractivity contribution in [3.63, 3.8) is 0 Å². The van der Waals surface area contributed by atoms with Gasteiger partial charge in [0.25, 0.3) is 0 Å². The van der Waals surface area contributed by atoms with Gasteiger partial charge in [0.1, 0.15) is 6.04 Å². The number of nitrogens with zero attached hydrogens (tertiary/aromatic N) is 1. The molecule has 2 amide bonds. The average Bonchev–Trinajstić information content (AvgIpc) is 3.07. The lowest BCUT2D eigenvalue weighted by atomic mass is 10.1. The summed E-state index contributed by atoms with van der Waals surface area (Å²) in [5.41, 5.74) is 0. The van der Waals surface area contributed by atoms with E-state index in [0.29, 0.717) is 38.6 Å². The van der Waals surface area contributed by atoms with Gasteiger partial charge in [-0.3, -0.25) is 14.4 Å². The highest BCUT2D eigenvalue weighted by molar-refractivity contribution is 5.88. The Bertz CT molecular complexity index is 424. The van der Waals surface area contributed by atoms with Gasteiger partial charge in [0.05, 0.1) is 5.92 Å². The molecule has 2 fully saturated rings. The number of carboxylic acids is 1. The molecule has 1 unspecified atom stereocenters. The van der Waals surface area contributed by atoms with Crippen molar-refractivity contribution >= 4 is 17.8 Å². The van der Waals surface area contributed by atoms with Crippen LogP contribution >= 0.6 is 0 Å². The first kappa shape index (κ1) is 15.8. The summed E-state index contributed by atoms with van der Waals surface area (Å²) in [5, 5.41) is 11.9. The first-order valence-electron chi connectivity index (χ1n) is 7.85. The second-order valence-electron chi connectivity index (χ2n) is 6.05. The van der Waals surface area contributed by atoms with E-state index in [1.165, 1.54) is 0 Å². The van der Waals surface area contributed by atoms with Crippen LogP contribution < -0.4 is 5.32 Å². The van der Waals surface area contributed by atoms with Crippen LogP contribution in [0.4, 0.5) is 0 Å². The number of carbonyl (C=O) groups is 3. The molecular formula is C15H24N2O4. The van der Waals surface area contributed by atoms with Crippen molar-refractivity contribution < 1.29 is 19.5 Å². The number of amides is 2. The molecule has 0 aromatic rings. The standard InChI is InChI=1S/C15H24N2O4/c1-2-4-13(18)17-8-3-5-12(17)14(19)16-11-7-6-10(9-11)15(20)21/h10-12H,2-9H2,1H3,(H,16,19)(H,20,21)/t10-,11+,12?/m0/s1. The zero-order chi connectivity index (χ0) is 15.4. The molecule has 2 N–H and O–H groups in total. The summed E-state index contributed by atoms with van der Waals surface area (Å²) in [4.78, 5) is 37.0. The van der Waals surface area contributed by atoms with Crippen LogP contribution in [0.3, 0.4) is 0 Å². The molecule has 0 aromatic carbocycles. The maximum atomic E-state index is 12.3. The van der Waals surface area contributed by atoms with Crippen molar-refractivity contribution in [2.24, 2.45) is 5.92 Å². The number of hydrogen-bond donors (Lipinski definition) is 2. The summed E-state index contributed by atoms with van der Waals surface area (Å²) in [7, 11) is 0. The molecule has 2 aliphatic rings. The Hall–Kier alpha value is -1.59. The lowest BCUT2D eigenvalue weighted by Gasteiger charge is -2.25. The van der Waals surface area contributed by atoms with E-state index in [2.05, 4.69) is 5.32 Å². The second-order valence-corrected chi connectivity index (χ2v) is 6.05. The fourth-order valence-corrected chi connectivity index (χ4v) is 3.33. The van der Waals surface area contributed by atoms with Crippen LogP contribution in [-0.4, -0.2) is 46.4 Å². The molecule has 2 rings (SSSR count). The van der Waals surface area contributed by atoms with Crippen molar-refractivity contribution in [3.8, 4) is 0 Å². The molecule has 6 heteroatoms. The lowest BCUT2D eigenvalue weighted by Crippen LogP contribution is -2.48. The molecule has 1 saturated carbocycles. The third-order valence-corrected chi connectivity index (χ3v) is 4.47. The van der Waals surface area contributed by atoms with Gasteiger partial charge in [0.15, 0.2) is 0 Å². The molecule has 0 spiro atoms. The summed E-state index contributed by atoms with van der Waals surface area (Å²) >= 11 is 0. The monoisotopic (exact) mass is 296 g/mol. The molecule has 1 heterocycles. The minimum Gasteiger partial charge on any atom is -0.481 e. The van der Waals surface area contributed by atoms with Gasteiger partial charge in [-0.25, -0.2) is 0 Å². The molecule has 6 nitrogen and oxygen atoms in total. The lowest BCUT2D eigenvalue weighted by molar-refractivity contribution is -0.141. The van der Waals surface area contributed by atoms with Crippen molar-refractivity contribution in [1.82, 2.24) is 10.2 Å². The second kappa shape index (κ2) is 6.91. The third-order valence-electron chi connectivity index (χ3n) is 4.47. The predicted molar refractivity (Wildman–Crippen MR) is 76.6 cm³/mol. The fraction of sp³-hybridized carbons (Fsp3) is 0.800. The highest BCUT2D eigenvalue weighted by Crippen LogP contribution is 2.26. The van der Waals surface area contributed by atoms with Crippen LogP contribution in [0.2, 0.25) is 0 Å². The molecule has 0 aromatic heterocycles. The Kier molecular flexibility index (Phi) is 5.20. The fourth-order valence-electron chi connectivity index (χ4n) is 3.33. The topological polar surface area (TPSA) is 86.7 Å². The Morgan fingerprint density at radius 2 is 2.00 bits per heavy atom. The number of carboxylic acid groups (broad SMARTS) is 1. The first-order valence-corrected chi connectivity index (χ1v) is 7.85. The minimum atomic E-state index is -0.785. The molecule has 118 valence electrons. The zero-order valence-corrected chi connectivity index (χ0v) is 12.5. The smallest absolute Gasteiger partial charge is 0.306 e. The van der Waals surface area contributed by atoms with Crippen LogP contribution in [0.15, 0.2) is 0 Å². The summed E-state index contributed by atoms with van der Waals surface area (Å²) in [5.74, 6) is -1.21. The predicted octanol–water partition coefficient (Wildman–Crippen LogP) is 1.15. The Balaban J connectivity index is 1.88. The van der Waals surface area contributed by atoms with E-state index < -0.39 is 5.97 Å². The highest BCUT2D eigenvalue weighted by Gasteiger charge is 2.36. The largest absolute Gasteiger partial charge is 0.481 e. The van der Waals surface area contributed by atoms with E-state index in [9.17, 15) is 14.4 Å². The van der Waals surface area contributed by atoms with Gasteiger partial charge in [0, 0.05) is 19.0 Å². The summed E-state index contributed by atoms with van der Waals surface area (Å²) in [6.07, 6.45) is 4.64. The highest BCUT2D eigenvalue weighted by atomic mass is 16.4. The van der Waals surface area contributed by atoms with E-state index in [1.54, 1.807) is 4.90 Å². The molecule has 0 bridgehead atoms. The van der Waals surface area contributed by atoms with Gasteiger partial charge >= 0.3 is 5.97 Å². The Morgan fingerprint density at radius 1 is 1.24 bits per heavy atom. The summed E-state index contributed by atoms with van der Waals surface area (Å²) in [6.45, 7) is 2.60. The van der Waals surface area contributed by atoms with Crippen molar-refractivity contribution in [3.05, 3.63) is 0 Å². The number of nitrogens with one attached hydrogen (secondary N) is 1. The van der Waals surface area contributed by atoms with E-state index in [-0.39, 0.29) is 29.8 Å². The van der Waals surface area contributed by atoms with E-state index in [4.69, 9.17) is 5.11 Å².